The Bertz CT molecular complexity index is 602. The minimum Gasteiger partial charge on any atom is -0.481 e. The number of benzene rings is 1. The van der Waals surface area contributed by atoms with E-state index in [-0.39, 0.29) is 29.2 Å². The molecule has 1 amide bonds. The average molecular weight is 338 g/mol. The second-order valence-corrected chi connectivity index (χ2v) is 6.97. The molecule has 1 N–H and O–H groups in total. The SMILES string of the molecule is CCC(CC)NC(=O)COc1ccc(S(=O)(=O)Cl)cc1F. The second-order valence-electron chi connectivity index (χ2n) is 4.40. The third kappa shape index (κ3) is 5.51. The Hall–Kier alpha value is -1.34. The Labute approximate surface area is 127 Å². The highest BCUT2D eigenvalue weighted by molar-refractivity contribution is 8.13. The summed E-state index contributed by atoms with van der Waals surface area (Å²) in [5.74, 6) is -1.47. The zero-order valence-corrected chi connectivity index (χ0v) is 13.3. The first-order valence-corrected chi connectivity index (χ1v) is 8.75. The molecule has 1 rings (SSSR count). The van der Waals surface area contributed by atoms with Gasteiger partial charge in [-0.05, 0) is 31.0 Å². The van der Waals surface area contributed by atoms with Crippen LogP contribution in [0, 0.1) is 5.82 Å². The Morgan fingerprint density at radius 3 is 2.48 bits per heavy atom. The van der Waals surface area contributed by atoms with Crippen LogP contribution < -0.4 is 10.1 Å². The van der Waals surface area contributed by atoms with Gasteiger partial charge in [-0.3, -0.25) is 4.79 Å². The van der Waals surface area contributed by atoms with Crippen LogP contribution in [0.25, 0.3) is 0 Å². The quantitative estimate of drug-likeness (QED) is 0.776. The van der Waals surface area contributed by atoms with Gasteiger partial charge < -0.3 is 10.1 Å². The summed E-state index contributed by atoms with van der Waals surface area (Å²) in [5, 5.41) is 2.74. The van der Waals surface area contributed by atoms with Crippen LogP contribution in [0.2, 0.25) is 0 Å². The highest BCUT2D eigenvalue weighted by Crippen LogP contribution is 2.23. The van der Waals surface area contributed by atoms with Gasteiger partial charge in [-0.1, -0.05) is 13.8 Å². The van der Waals surface area contributed by atoms with Crippen molar-refractivity contribution in [2.24, 2.45) is 0 Å². The van der Waals surface area contributed by atoms with Crippen LogP contribution in [-0.2, 0) is 13.8 Å². The van der Waals surface area contributed by atoms with Gasteiger partial charge in [0.1, 0.15) is 0 Å². The number of amides is 1. The molecule has 0 aromatic heterocycles. The third-order valence-electron chi connectivity index (χ3n) is 2.89. The fourth-order valence-corrected chi connectivity index (χ4v) is 2.42. The largest absolute Gasteiger partial charge is 0.481 e. The van der Waals surface area contributed by atoms with Crippen LogP contribution in [0.15, 0.2) is 23.1 Å². The number of rotatable bonds is 7. The van der Waals surface area contributed by atoms with Gasteiger partial charge in [-0.15, -0.1) is 0 Å². The summed E-state index contributed by atoms with van der Waals surface area (Å²) in [6, 6.07) is 3.03. The molecule has 21 heavy (non-hydrogen) atoms. The molecular weight excluding hydrogens is 321 g/mol. The summed E-state index contributed by atoms with van der Waals surface area (Å²) >= 11 is 0. The van der Waals surface area contributed by atoms with Crippen LogP contribution in [0.3, 0.4) is 0 Å². The molecular formula is C13H17ClFNO4S. The first-order valence-electron chi connectivity index (χ1n) is 6.44. The molecule has 0 radical (unpaired) electrons. The van der Waals surface area contributed by atoms with Crippen LogP contribution in [0.1, 0.15) is 26.7 Å². The van der Waals surface area contributed by atoms with E-state index < -0.39 is 14.9 Å². The Kier molecular flexibility index (Phi) is 6.42. The van der Waals surface area contributed by atoms with Crippen molar-refractivity contribution >= 4 is 25.6 Å². The van der Waals surface area contributed by atoms with Crippen LogP contribution in [0.4, 0.5) is 4.39 Å². The highest BCUT2D eigenvalue weighted by Gasteiger charge is 2.15. The summed E-state index contributed by atoms with van der Waals surface area (Å²) in [6.07, 6.45) is 1.58. The van der Waals surface area contributed by atoms with Crippen molar-refractivity contribution in [2.45, 2.75) is 37.6 Å². The van der Waals surface area contributed by atoms with Crippen molar-refractivity contribution < 1.29 is 22.3 Å². The van der Waals surface area contributed by atoms with Gasteiger partial charge in [-0.25, -0.2) is 12.8 Å². The third-order valence-corrected chi connectivity index (χ3v) is 4.25. The van der Waals surface area contributed by atoms with E-state index >= 15 is 0 Å². The zero-order chi connectivity index (χ0) is 16.0. The first-order chi connectivity index (χ1) is 9.77. The molecule has 0 fully saturated rings. The average Bonchev–Trinajstić information content (AvgIpc) is 2.42. The molecule has 0 spiro atoms. The topological polar surface area (TPSA) is 72.5 Å². The molecule has 0 atom stereocenters. The fourth-order valence-electron chi connectivity index (χ4n) is 1.66. The van der Waals surface area contributed by atoms with E-state index in [0.717, 1.165) is 31.0 Å². The van der Waals surface area contributed by atoms with Crippen molar-refractivity contribution in [2.75, 3.05) is 6.61 Å². The second kappa shape index (κ2) is 7.61. The molecule has 0 bridgehead atoms. The summed E-state index contributed by atoms with van der Waals surface area (Å²) < 4.78 is 40.8. The molecule has 0 heterocycles. The van der Waals surface area contributed by atoms with E-state index in [1.54, 1.807) is 0 Å². The Morgan fingerprint density at radius 1 is 1.38 bits per heavy atom. The standard InChI is InChI=1S/C13H17ClFNO4S/c1-3-9(4-2)16-13(17)8-20-12-6-5-10(7-11(12)15)21(14,18)19/h5-7,9H,3-4,8H2,1-2H3,(H,16,17). The lowest BCUT2D eigenvalue weighted by atomic mass is 10.2. The molecule has 0 saturated heterocycles. The van der Waals surface area contributed by atoms with Gasteiger partial charge in [0.15, 0.2) is 18.2 Å². The van der Waals surface area contributed by atoms with E-state index in [1.807, 2.05) is 13.8 Å². The number of halogens is 2. The minimum absolute atomic E-state index is 0.0507. The van der Waals surface area contributed by atoms with Crippen molar-refractivity contribution in [3.8, 4) is 5.75 Å². The molecule has 0 saturated carbocycles. The van der Waals surface area contributed by atoms with E-state index in [1.165, 1.54) is 0 Å². The van der Waals surface area contributed by atoms with Crippen LogP contribution in [-0.4, -0.2) is 27.0 Å². The summed E-state index contributed by atoms with van der Waals surface area (Å²) in [4.78, 5) is 11.2. The van der Waals surface area contributed by atoms with Crippen molar-refractivity contribution in [1.82, 2.24) is 5.32 Å². The van der Waals surface area contributed by atoms with Gasteiger partial charge in [-0.2, -0.15) is 0 Å². The lowest BCUT2D eigenvalue weighted by Crippen LogP contribution is -2.37. The number of ether oxygens (including phenoxy) is 1. The molecule has 0 aliphatic heterocycles. The van der Waals surface area contributed by atoms with Crippen molar-refractivity contribution in [3.05, 3.63) is 24.0 Å². The van der Waals surface area contributed by atoms with Gasteiger partial charge in [0.05, 0.1) is 4.90 Å². The number of nitrogens with one attached hydrogen (secondary N) is 1. The Balaban J connectivity index is 2.66. The van der Waals surface area contributed by atoms with Crippen molar-refractivity contribution in [3.63, 3.8) is 0 Å². The number of hydrogen-bond acceptors (Lipinski definition) is 4. The van der Waals surface area contributed by atoms with E-state index in [0.29, 0.717) is 0 Å². The molecule has 0 aliphatic rings. The minimum atomic E-state index is -4.00. The van der Waals surface area contributed by atoms with Crippen LogP contribution in [0.5, 0.6) is 5.75 Å². The molecule has 0 aliphatic carbocycles. The molecule has 1 aromatic rings. The zero-order valence-electron chi connectivity index (χ0n) is 11.7. The van der Waals surface area contributed by atoms with E-state index in [4.69, 9.17) is 15.4 Å². The van der Waals surface area contributed by atoms with Crippen molar-refractivity contribution in [1.29, 1.82) is 0 Å². The lowest BCUT2D eigenvalue weighted by molar-refractivity contribution is -0.123. The fraction of sp³-hybridized carbons (Fsp3) is 0.462. The molecule has 118 valence electrons. The van der Waals surface area contributed by atoms with Gasteiger partial charge >= 0.3 is 0 Å². The Morgan fingerprint density at radius 2 is 2.00 bits per heavy atom. The van der Waals surface area contributed by atoms with E-state index in [9.17, 15) is 17.6 Å². The first kappa shape index (κ1) is 17.7. The monoisotopic (exact) mass is 337 g/mol. The molecule has 8 heteroatoms. The maximum atomic E-state index is 13.6. The highest BCUT2D eigenvalue weighted by atomic mass is 35.7. The maximum Gasteiger partial charge on any atom is 0.261 e. The number of hydrogen-bond donors (Lipinski definition) is 1. The summed E-state index contributed by atoms with van der Waals surface area (Å²) in [7, 11) is 1.10. The summed E-state index contributed by atoms with van der Waals surface area (Å²) in [6.45, 7) is 3.54. The summed E-state index contributed by atoms with van der Waals surface area (Å²) in [5.41, 5.74) is 0. The molecule has 0 unspecified atom stereocenters. The maximum absolute atomic E-state index is 13.6. The van der Waals surface area contributed by atoms with Gasteiger partial charge in [0, 0.05) is 16.7 Å². The normalized spacial score (nSPS) is 11.5. The van der Waals surface area contributed by atoms with Gasteiger partial charge in [0.25, 0.3) is 15.0 Å². The molecule has 1 aromatic carbocycles. The van der Waals surface area contributed by atoms with Gasteiger partial charge in [0.2, 0.25) is 0 Å². The smallest absolute Gasteiger partial charge is 0.261 e. The molecule has 5 nitrogen and oxygen atoms in total. The van der Waals surface area contributed by atoms with Crippen LogP contribution >= 0.6 is 10.7 Å². The lowest BCUT2D eigenvalue weighted by Gasteiger charge is -2.15. The van der Waals surface area contributed by atoms with E-state index in [2.05, 4.69) is 5.32 Å². The number of carbonyl (C=O) groups excluding carboxylic acids is 1. The number of carbonyl (C=O) groups is 1. The predicted octanol–water partition coefficient (Wildman–Crippen LogP) is 2.44. The predicted molar refractivity (Wildman–Crippen MR) is 77.4 cm³/mol.